The Morgan fingerprint density at radius 3 is 2.33 bits per heavy atom. The lowest BCUT2D eigenvalue weighted by Crippen LogP contribution is -2.35. The van der Waals surface area contributed by atoms with Gasteiger partial charge in [0.25, 0.3) is 5.91 Å². The Morgan fingerprint density at radius 2 is 1.90 bits per heavy atom. The van der Waals surface area contributed by atoms with Gasteiger partial charge in [0, 0.05) is 25.3 Å². The van der Waals surface area contributed by atoms with E-state index in [2.05, 4.69) is 5.32 Å². The fourth-order valence-electron chi connectivity index (χ4n) is 1.99. The number of ether oxygens (including phenoxy) is 1. The summed E-state index contributed by atoms with van der Waals surface area (Å²) in [5.74, 6) is -0.214. The van der Waals surface area contributed by atoms with Crippen molar-refractivity contribution in [1.82, 2.24) is 5.32 Å². The molecule has 1 rings (SSSR count). The summed E-state index contributed by atoms with van der Waals surface area (Å²) in [4.78, 5) is 12.0. The number of amides is 1. The molecular formula is C14H22N2O4S. The monoisotopic (exact) mass is 314 g/mol. The quantitative estimate of drug-likeness (QED) is 0.821. The maximum atomic E-state index is 12.0. The Bertz CT molecular complexity index is 569. The van der Waals surface area contributed by atoms with Gasteiger partial charge in [-0.15, -0.1) is 0 Å². The van der Waals surface area contributed by atoms with Gasteiger partial charge in [-0.25, -0.2) is 8.42 Å². The van der Waals surface area contributed by atoms with Crippen molar-refractivity contribution in [3.63, 3.8) is 0 Å². The zero-order valence-corrected chi connectivity index (χ0v) is 13.6. The average molecular weight is 314 g/mol. The van der Waals surface area contributed by atoms with E-state index in [9.17, 15) is 13.2 Å². The zero-order chi connectivity index (χ0) is 16.0. The van der Waals surface area contributed by atoms with Crippen LogP contribution in [0.4, 0.5) is 5.69 Å². The number of nitrogens with one attached hydrogen (secondary N) is 1. The van der Waals surface area contributed by atoms with Gasteiger partial charge in [-0.05, 0) is 38.1 Å². The van der Waals surface area contributed by atoms with Crippen LogP contribution in [0.25, 0.3) is 0 Å². The second-order valence-corrected chi connectivity index (χ2v) is 6.71. The molecule has 1 atom stereocenters. The Labute approximate surface area is 126 Å². The first kappa shape index (κ1) is 17.5. The number of sulfonamides is 1. The maximum Gasteiger partial charge on any atom is 0.251 e. The van der Waals surface area contributed by atoms with Crippen molar-refractivity contribution in [1.29, 1.82) is 0 Å². The SMILES string of the molecule is CCN(c1ccc(C(=O)N[C@H](C)COC)cc1)S(C)(=O)=O. The third-order valence-electron chi connectivity index (χ3n) is 2.90. The summed E-state index contributed by atoms with van der Waals surface area (Å²) in [6.45, 7) is 4.38. The number of hydrogen-bond donors (Lipinski definition) is 1. The molecule has 1 aromatic rings. The molecule has 0 aliphatic heterocycles. The molecule has 0 spiro atoms. The standard InChI is InChI=1S/C14H22N2O4S/c1-5-16(21(4,18)19)13-8-6-12(7-9-13)14(17)15-11(2)10-20-3/h6-9,11H,5,10H2,1-4H3,(H,15,17)/t11-/m1/s1. The summed E-state index contributed by atoms with van der Waals surface area (Å²) in [6.07, 6.45) is 1.16. The highest BCUT2D eigenvalue weighted by molar-refractivity contribution is 7.92. The minimum Gasteiger partial charge on any atom is -0.383 e. The van der Waals surface area contributed by atoms with E-state index in [1.165, 1.54) is 4.31 Å². The van der Waals surface area contributed by atoms with Crippen molar-refractivity contribution in [2.45, 2.75) is 19.9 Å². The molecular weight excluding hydrogens is 292 g/mol. The predicted molar refractivity (Wildman–Crippen MR) is 83.1 cm³/mol. The van der Waals surface area contributed by atoms with Crippen molar-refractivity contribution in [3.05, 3.63) is 29.8 Å². The lowest BCUT2D eigenvalue weighted by Gasteiger charge is -2.20. The van der Waals surface area contributed by atoms with Crippen LogP contribution in [0.5, 0.6) is 0 Å². The highest BCUT2D eigenvalue weighted by Gasteiger charge is 2.16. The Kier molecular flexibility index (Phi) is 6.17. The van der Waals surface area contributed by atoms with Gasteiger partial charge < -0.3 is 10.1 Å². The van der Waals surface area contributed by atoms with Gasteiger partial charge in [0.1, 0.15) is 0 Å². The Balaban J connectivity index is 2.85. The molecule has 1 N–H and O–H groups in total. The third-order valence-corrected chi connectivity index (χ3v) is 4.17. The molecule has 0 fully saturated rings. The van der Waals surface area contributed by atoms with Crippen LogP contribution in [0.15, 0.2) is 24.3 Å². The summed E-state index contributed by atoms with van der Waals surface area (Å²) in [6, 6.07) is 6.38. The van der Waals surface area contributed by atoms with Crippen molar-refractivity contribution in [2.75, 3.05) is 30.8 Å². The van der Waals surface area contributed by atoms with Gasteiger partial charge in [-0.2, -0.15) is 0 Å². The van der Waals surface area contributed by atoms with Crippen LogP contribution in [0.2, 0.25) is 0 Å². The summed E-state index contributed by atoms with van der Waals surface area (Å²) >= 11 is 0. The Morgan fingerprint density at radius 1 is 1.33 bits per heavy atom. The summed E-state index contributed by atoms with van der Waals surface area (Å²) < 4.78 is 29.5. The summed E-state index contributed by atoms with van der Waals surface area (Å²) in [7, 11) is -1.74. The van der Waals surface area contributed by atoms with Crippen LogP contribution in [0, 0.1) is 0 Å². The highest BCUT2D eigenvalue weighted by Crippen LogP contribution is 2.18. The van der Waals surface area contributed by atoms with Crippen molar-refractivity contribution in [2.24, 2.45) is 0 Å². The number of carbonyl (C=O) groups excluding carboxylic acids is 1. The first-order chi connectivity index (χ1) is 9.79. The van der Waals surface area contributed by atoms with Gasteiger partial charge >= 0.3 is 0 Å². The molecule has 1 aromatic carbocycles. The molecule has 0 bridgehead atoms. The first-order valence-corrected chi connectivity index (χ1v) is 8.52. The second kappa shape index (κ2) is 7.42. The average Bonchev–Trinajstić information content (AvgIpc) is 2.38. The van der Waals surface area contributed by atoms with E-state index in [-0.39, 0.29) is 11.9 Å². The minimum absolute atomic E-state index is 0.0923. The van der Waals surface area contributed by atoms with E-state index in [1.54, 1.807) is 38.3 Å². The molecule has 0 heterocycles. The van der Waals surface area contributed by atoms with E-state index in [4.69, 9.17) is 4.74 Å². The smallest absolute Gasteiger partial charge is 0.251 e. The lowest BCUT2D eigenvalue weighted by molar-refractivity contribution is 0.0905. The van der Waals surface area contributed by atoms with E-state index >= 15 is 0 Å². The van der Waals surface area contributed by atoms with Crippen LogP contribution < -0.4 is 9.62 Å². The number of hydrogen-bond acceptors (Lipinski definition) is 4. The fraction of sp³-hybridized carbons (Fsp3) is 0.500. The minimum atomic E-state index is -3.31. The molecule has 0 unspecified atom stereocenters. The molecule has 0 saturated carbocycles. The van der Waals surface area contributed by atoms with E-state index < -0.39 is 10.0 Å². The molecule has 0 aromatic heterocycles. The van der Waals surface area contributed by atoms with E-state index in [0.717, 1.165) is 6.26 Å². The molecule has 21 heavy (non-hydrogen) atoms. The number of methoxy groups -OCH3 is 1. The number of benzene rings is 1. The van der Waals surface area contributed by atoms with E-state index in [1.807, 2.05) is 6.92 Å². The summed E-state index contributed by atoms with van der Waals surface area (Å²) in [5, 5.41) is 2.79. The third kappa shape index (κ3) is 5.02. The van der Waals surface area contributed by atoms with Gasteiger partial charge in [0.15, 0.2) is 0 Å². The predicted octanol–water partition coefficient (Wildman–Crippen LogP) is 1.24. The molecule has 1 amide bonds. The maximum absolute atomic E-state index is 12.0. The highest BCUT2D eigenvalue weighted by atomic mass is 32.2. The van der Waals surface area contributed by atoms with Crippen LogP contribution in [0.3, 0.4) is 0 Å². The lowest BCUT2D eigenvalue weighted by atomic mass is 10.2. The first-order valence-electron chi connectivity index (χ1n) is 6.67. The molecule has 7 heteroatoms. The Hall–Kier alpha value is -1.60. The van der Waals surface area contributed by atoms with Gasteiger partial charge in [0.05, 0.1) is 18.6 Å². The van der Waals surface area contributed by atoms with Crippen molar-refractivity contribution >= 4 is 21.6 Å². The molecule has 0 aliphatic rings. The second-order valence-electron chi connectivity index (χ2n) is 4.80. The number of anilines is 1. The molecule has 6 nitrogen and oxygen atoms in total. The van der Waals surface area contributed by atoms with Crippen LogP contribution in [-0.2, 0) is 14.8 Å². The fourth-order valence-corrected chi connectivity index (χ4v) is 2.96. The van der Waals surface area contributed by atoms with Crippen molar-refractivity contribution in [3.8, 4) is 0 Å². The topological polar surface area (TPSA) is 75.7 Å². The van der Waals surface area contributed by atoms with Gasteiger partial charge in [0.2, 0.25) is 10.0 Å². The molecule has 0 saturated heterocycles. The molecule has 0 radical (unpaired) electrons. The van der Waals surface area contributed by atoms with Gasteiger partial charge in [-0.1, -0.05) is 0 Å². The van der Waals surface area contributed by atoms with Crippen LogP contribution >= 0.6 is 0 Å². The van der Waals surface area contributed by atoms with Crippen molar-refractivity contribution < 1.29 is 17.9 Å². The number of rotatable bonds is 7. The molecule has 0 aliphatic carbocycles. The van der Waals surface area contributed by atoms with Gasteiger partial charge in [-0.3, -0.25) is 9.10 Å². The number of nitrogens with zero attached hydrogens (tertiary/aromatic N) is 1. The van der Waals surface area contributed by atoms with E-state index in [0.29, 0.717) is 24.4 Å². The zero-order valence-electron chi connectivity index (χ0n) is 12.8. The molecule has 118 valence electrons. The van der Waals surface area contributed by atoms with Crippen LogP contribution in [-0.4, -0.2) is 46.9 Å². The summed E-state index contributed by atoms with van der Waals surface area (Å²) in [5.41, 5.74) is 1.02. The number of carbonyl (C=O) groups is 1. The largest absolute Gasteiger partial charge is 0.383 e. The van der Waals surface area contributed by atoms with Crippen LogP contribution in [0.1, 0.15) is 24.2 Å². The normalized spacial score (nSPS) is 12.8.